The van der Waals surface area contributed by atoms with Gasteiger partial charge in [0.25, 0.3) is 0 Å². The standard InChI is InChI=1S/C8H13BrN4/c1-4(2)6-5(3)7(9)12-13-8(6)11-10/h4H,10H2,1-3H3,(H,11,13). The fraction of sp³-hybridized carbons (Fsp3) is 0.500. The van der Waals surface area contributed by atoms with Crippen molar-refractivity contribution in [3.8, 4) is 0 Å². The summed E-state index contributed by atoms with van der Waals surface area (Å²) in [6.07, 6.45) is 0. The zero-order chi connectivity index (χ0) is 10.0. The summed E-state index contributed by atoms with van der Waals surface area (Å²) in [6.45, 7) is 6.18. The molecule has 0 radical (unpaired) electrons. The van der Waals surface area contributed by atoms with Gasteiger partial charge in [0.1, 0.15) is 4.60 Å². The van der Waals surface area contributed by atoms with Crippen molar-refractivity contribution in [1.29, 1.82) is 0 Å². The van der Waals surface area contributed by atoms with Crippen molar-refractivity contribution >= 4 is 21.7 Å². The van der Waals surface area contributed by atoms with Crippen LogP contribution in [0.1, 0.15) is 30.9 Å². The zero-order valence-corrected chi connectivity index (χ0v) is 9.51. The number of anilines is 1. The molecular formula is C8H13BrN4. The van der Waals surface area contributed by atoms with Crippen LogP contribution in [-0.2, 0) is 0 Å². The molecule has 0 atom stereocenters. The number of nitrogen functional groups attached to an aromatic ring is 1. The first kappa shape index (κ1) is 10.4. The van der Waals surface area contributed by atoms with Gasteiger partial charge in [0.05, 0.1) is 0 Å². The molecule has 1 rings (SSSR count). The molecule has 0 amide bonds. The van der Waals surface area contributed by atoms with Crippen LogP contribution in [0.4, 0.5) is 5.82 Å². The number of rotatable bonds is 2. The van der Waals surface area contributed by atoms with Crippen molar-refractivity contribution in [3.63, 3.8) is 0 Å². The van der Waals surface area contributed by atoms with E-state index in [1.165, 1.54) is 0 Å². The molecule has 5 heteroatoms. The second-order valence-corrected chi connectivity index (χ2v) is 3.93. The predicted octanol–water partition coefficient (Wildman–Crippen LogP) is 1.96. The Morgan fingerprint density at radius 3 is 2.46 bits per heavy atom. The number of halogens is 1. The lowest BCUT2D eigenvalue weighted by Gasteiger charge is -2.13. The van der Waals surface area contributed by atoms with E-state index in [4.69, 9.17) is 5.84 Å². The largest absolute Gasteiger partial charge is 0.307 e. The molecule has 0 aromatic carbocycles. The van der Waals surface area contributed by atoms with E-state index in [0.717, 1.165) is 15.7 Å². The molecule has 0 fully saturated rings. The second-order valence-electron chi connectivity index (χ2n) is 3.18. The minimum Gasteiger partial charge on any atom is -0.307 e. The zero-order valence-electron chi connectivity index (χ0n) is 7.93. The molecule has 0 aliphatic heterocycles. The minimum atomic E-state index is 0.373. The Hall–Kier alpha value is -0.680. The lowest BCUT2D eigenvalue weighted by molar-refractivity contribution is 0.823. The molecule has 0 aliphatic rings. The van der Waals surface area contributed by atoms with Crippen molar-refractivity contribution in [2.75, 3.05) is 5.43 Å². The maximum absolute atomic E-state index is 5.34. The Labute approximate surface area is 86.0 Å². The Bertz CT molecular complexity index is 311. The molecule has 13 heavy (non-hydrogen) atoms. The average Bonchev–Trinajstić information content (AvgIpc) is 2.08. The van der Waals surface area contributed by atoms with Crippen LogP contribution < -0.4 is 11.3 Å². The van der Waals surface area contributed by atoms with Gasteiger partial charge in [-0.3, -0.25) is 0 Å². The molecule has 0 bridgehead atoms. The maximum Gasteiger partial charge on any atom is 0.166 e. The maximum atomic E-state index is 5.34. The number of hydrogen-bond acceptors (Lipinski definition) is 4. The molecule has 0 saturated carbocycles. The van der Waals surface area contributed by atoms with Crippen molar-refractivity contribution in [1.82, 2.24) is 10.2 Å². The third-order valence-corrected chi connectivity index (χ3v) is 2.67. The van der Waals surface area contributed by atoms with Crippen LogP contribution in [0.2, 0.25) is 0 Å². The van der Waals surface area contributed by atoms with E-state index in [1.807, 2.05) is 6.92 Å². The van der Waals surface area contributed by atoms with Gasteiger partial charge in [-0.1, -0.05) is 13.8 Å². The SMILES string of the molecule is Cc1c(Br)nnc(NN)c1C(C)C. The van der Waals surface area contributed by atoms with E-state index < -0.39 is 0 Å². The average molecular weight is 245 g/mol. The van der Waals surface area contributed by atoms with Crippen LogP contribution >= 0.6 is 15.9 Å². The first-order valence-electron chi connectivity index (χ1n) is 4.07. The molecule has 1 aromatic rings. The topological polar surface area (TPSA) is 63.8 Å². The fourth-order valence-electron chi connectivity index (χ4n) is 1.32. The van der Waals surface area contributed by atoms with Gasteiger partial charge >= 0.3 is 0 Å². The van der Waals surface area contributed by atoms with Crippen LogP contribution in [0.25, 0.3) is 0 Å². The molecule has 3 N–H and O–H groups in total. The van der Waals surface area contributed by atoms with E-state index in [1.54, 1.807) is 0 Å². The quantitative estimate of drug-likeness (QED) is 0.617. The minimum absolute atomic E-state index is 0.373. The molecular weight excluding hydrogens is 232 g/mol. The number of hydrazine groups is 1. The third-order valence-electron chi connectivity index (χ3n) is 1.92. The van der Waals surface area contributed by atoms with E-state index in [2.05, 4.69) is 45.4 Å². The predicted molar refractivity (Wildman–Crippen MR) is 56.4 cm³/mol. The number of nitrogens with zero attached hydrogens (tertiary/aromatic N) is 2. The summed E-state index contributed by atoms with van der Waals surface area (Å²) in [6, 6.07) is 0. The summed E-state index contributed by atoms with van der Waals surface area (Å²) in [5.74, 6) is 6.36. The molecule has 0 aliphatic carbocycles. The highest BCUT2D eigenvalue weighted by Crippen LogP contribution is 2.28. The number of hydrogen-bond donors (Lipinski definition) is 2. The first-order chi connectivity index (χ1) is 6.07. The lowest BCUT2D eigenvalue weighted by Crippen LogP contribution is -2.14. The van der Waals surface area contributed by atoms with Crippen molar-refractivity contribution in [2.45, 2.75) is 26.7 Å². The normalized spacial score (nSPS) is 10.6. The summed E-state index contributed by atoms with van der Waals surface area (Å²) in [5.41, 5.74) is 4.73. The third kappa shape index (κ3) is 1.97. The Balaban J connectivity index is 3.32. The van der Waals surface area contributed by atoms with Gasteiger partial charge in [-0.25, -0.2) is 5.84 Å². The molecule has 72 valence electrons. The number of nitrogens with two attached hydrogens (primary N) is 1. The summed E-state index contributed by atoms with van der Waals surface area (Å²) in [5, 5.41) is 7.86. The van der Waals surface area contributed by atoms with E-state index >= 15 is 0 Å². The molecule has 0 unspecified atom stereocenters. The fourth-order valence-corrected chi connectivity index (χ4v) is 1.62. The molecule has 0 spiro atoms. The molecule has 0 saturated heterocycles. The van der Waals surface area contributed by atoms with E-state index in [-0.39, 0.29) is 0 Å². The summed E-state index contributed by atoms with van der Waals surface area (Å²) >= 11 is 3.34. The first-order valence-corrected chi connectivity index (χ1v) is 4.86. The van der Waals surface area contributed by atoms with Gasteiger partial charge in [0.15, 0.2) is 5.82 Å². The van der Waals surface area contributed by atoms with Gasteiger partial charge in [-0.05, 0) is 34.3 Å². The Morgan fingerprint density at radius 2 is 2.00 bits per heavy atom. The molecule has 1 heterocycles. The second kappa shape index (κ2) is 4.02. The van der Waals surface area contributed by atoms with Crippen LogP contribution in [0.15, 0.2) is 4.60 Å². The van der Waals surface area contributed by atoms with Crippen LogP contribution in [0.3, 0.4) is 0 Å². The van der Waals surface area contributed by atoms with Gasteiger partial charge in [-0.2, -0.15) is 0 Å². The van der Waals surface area contributed by atoms with Crippen molar-refractivity contribution in [3.05, 3.63) is 15.7 Å². The summed E-state index contributed by atoms with van der Waals surface area (Å²) in [7, 11) is 0. The number of aromatic nitrogens is 2. The van der Waals surface area contributed by atoms with Crippen molar-refractivity contribution < 1.29 is 0 Å². The van der Waals surface area contributed by atoms with E-state index in [9.17, 15) is 0 Å². The Kier molecular flexibility index (Phi) is 3.22. The van der Waals surface area contributed by atoms with Gasteiger partial charge in [0, 0.05) is 5.56 Å². The monoisotopic (exact) mass is 244 g/mol. The smallest absolute Gasteiger partial charge is 0.166 e. The van der Waals surface area contributed by atoms with Crippen LogP contribution in [-0.4, -0.2) is 10.2 Å². The highest BCUT2D eigenvalue weighted by Gasteiger charge is 2.13. The number of nitrogens with one attached hydrogen (secondary N) is 1. The summed E-state index contributed by atoms with van der Waals surface area (Å²) < 4.78 is 0.773. The van der Waals surface area contributed by atoms with Gasteiger partial charge < -0.3 is 5.43 Å². The van der Waals surface area contributed by atoms with Gasteiger partial charge in [0.2, 0.25) is 0 Å². The highest BCUT2D eigenvalue weighted by atomic mass is 79.9. The van der Waals surface area contributed by atoms with E-state index in [0.29, 0.717) is 11.7 Å². The Morgan fingerprint density at radius 1 is 1.38 bits per heavy atom. The molecule has 4 nitrogen and oxygen atoms in total. The highest BCUT2D eigenvalue weighted by molar-refractivity contribution is 9.10. The van der Waals surface area contributed by atoms with Gasteiger partial charge in [-0.15, -0.1) is 10.2 Å². The van der Waals surface area contributed by atoms with Crippen molar-refractivity contribution in [2.24, 2.45) is 5.84 Å². The lowest BCUT2D eigenvalue weighted by atomic mass is 10.0. The summed E-state index contributed by atoms with van der Waals surface area (Å²) in [4.78, 5) is 0. The molecule has 1 aromatic heterocycles. The van der Waals surface area contributed by atoms with Crippen LogP contribution in [0, 0.1) is 6.92 Å². The van der Waals surface area contributed by atoms with Crippen LogP contribution in [0.5, 0.6) is 0 Å².